The molecule has 0 unspecified atom stereocenters. The number of benzene rings is 1. The lowest BCUT2D eigenvalue weighted by molar-refractivity contribution is 0.0697. The molecule has 2 rings (SSSR count). The normalized spacial score (nSPS) is 10.8. The molecule has 0 radical (unpaired) electrons. The summed E-state index contributed by atoms with van der Waals surface area (Å²) in [6.45, 7) is 3.54. The van der Waals surface area contributed by atoms with Crippen molar-refractivity contribution >= 4 is 5.97 Å². The van der Waals surface area contributed by atoms with Gasteiger partial charge >= 0.3 is 5.97 Å². The maximum Gasteiger partial charge on any atom is 0.335 e. The highest BCUT2D eigenvalue weighted by Crippen LogP contribution is 2.09. The molecule has 0 saturated heterocycles. The number of carboxylic acids is 1. The number of carbonyl (C=O) groups is 1. The summed E-state index contributed by atoms with van der Waals surface area (Å²) in [5.74, 6) is -0.895. The molecule has 0 saturated carbocycles. The van der Waals surface area contributed by atoms with Gasteiger partial charge in [0.2, 0.25) is 0 Å². The van der Waals surface area contributed by atoms with E-state index in [2.05, 4.69) is 16.0 Å². The average molecular weight is 270 g/mol. The Morgan fingerprint density at radius 1 is 1.15 bits per heavy atom. The van der Waals surface area contributed by atoms with Crippen LogP contribution in [0, 0.1) is 6.92 Å². The van der Waals surface area contributed by atoms with Gasteiger partial charge in [-0.1, -0.05) is 18.2 Å². The van der Waals surface area contributed by atoms with Crippen LogP contribution < -0.4 is 0 Å². The monoisotopic (exact) mass is 270 g/mol. The van der Waals surface area contributed by atoms with Gasteiger partial charge < -0.3 is 5.11 Å². The van der Waals surface area contributed by atoms with Gasteiger partial charge in [0.25, 0.3) is 0 Å². The first-order chi connectivity index (χ1) is 9.54. The van der Waals surface area contributed by atoms with Gasteiger partial charge in [0.15, 0.2) is 0 Å². The van der Waals surface area contributed by atoms with E-state index in [0.717, 1.165) is 29.9 Å². The predicted octanol–water partition coefficient (Wildman–Crippen LogP) is 2.72. The molecule has 0 aliphatic heterocycles. The average Bonchev–Trinajstić information content (AvgIpc) is 2.42. The Morgan fingerprint density at radius 2 is 1.85 bits per heavy atom. The summed E-state index contributed by atoms with van der Waals surface area (Å²) < 4.78 is 0. The van der Waals surface area contributed by atoms with Crippen molar-refractivity contribution in [3.63, 3.8) is 0 Å². The molecular weight excluding hydrogens is 252 g/mol. The van der Waals surface area contributed by atoms with Gasteiger partial charge in [0.05, 0.1) is 11.3 Å². The van der Waals surface area contributed by atoms with E-state index < -0.39 is 5.97 Å². The summed E-state index contributed by atoms with van der Waals surface area (Å²) in [5.41, 5.74) is 3.59. The molecule has 4 heteroatoms. The van der Waals surface area contributed by atoms with Gasteiger partial charge in [0, 0.05) is 19.3 Å². The molecule has 1 aromatic heterocycles. The largest absolute Gasteiger partial charge is 0.478 e. The zero-order valence-corrected chi connectivity index (χ0v) is 11.7. The minimum atomic E-state index is -0.895. The summed E-state index contributed by atoms with van der Waals surface area (Å²) in [7, 11) is 2.02. The maximum atomic E-state index is 10.8. The van der Waals surface area contributed by atoms with Gasteiger partial charge in [-0.25, -0.2) is 4.79 Å². The fourth-order valence-electron chi connectivity index (χ4n) is 1.99. The smallest absolute Gasteiger partial charge is 0.335 e. The zero-order valence-electron chi connectivity index (χ0n) is 11.7. The van der Waals surface area contributed by atoms with Crippen molar-refractivity contribution in [1.82, 2.24) is 9.88 Å². The van der Waals surface area contributed by atoms with Crippen molar-refractivity contribution in [3.05, 3.63) is 65.0 Å². The standard InChI is InChI=1S/C16H18N2O2/c1-12-3-8-15(17-9-12)11-18(2)10-13-4-6-14(7-5-13)16(19)20/h3-9H,10-11H2,1-2H3,(H,19,20). The van der Waals surface area contributed by atoms with Crippen LogP contribution in [0.4, 0.5) is 0 Å². The van der Waals surface area contributed by atoms with E-state index >= 15 is 0 Å². The second-order valence-electron chi connectivity index (χ2n) is 5.00. The fraction of sp³-hybridized carbons (Fsp3) is 0.250. The Labute approximate surface area is 118 Å². The van der Waals surface area contributed by atoms with Crippen LogP contribution in [0.25, 0.3) is 0 Å². The number of hydrogen-bond donors (Lipinski definition) is 1. The molecule has 0 aliphatic carbocycles. The van der Waals surface area contributed by atoms with Gasteiger partial charge in [0.1, 0.15) is 0 Å². The molecule has 20 heavy (non-hydrogen) atoms. The Balaban J connectivity index is 1.95. The predicted molar refractivity (Wildman–Crippen MR) is 77.5 cm³/mol. The molecular formula is C16H18N2O2. The lowest BCUT2D eigenvalue weighted by Gasteiger charge is -2.16. The SMILES string of the molecule is Cc1ccc(CN(C)Cc2ccc(C(=O)O)cc2)nc1. The molecule has 104 valence electrons. The first kappa shape index (κ1) is 14.2. The van der Waals surface area contributed by atoms with E-state index in [0.29, 0.717) is 5.56 Å². The Bertz CT molecular complexity index is 576. The fourth-order valence-corrected chi connectivity index (χ4v) is 1.99. The highest BCUT2D eigenvalue weighted by atomic mass is 16.4. The van der Waals surface area contributed by atoms with Gasteiger partial charge in [-0.15, -0.1) is 0 Å². The minimum absolute atomic E-state index is 0.316. The molecule has 0 fully saturated rings. The number of pyridine rings is 1. The van der Waals surface area contributed by atoms with Crippen molar-refractivity contribution in [2.24, 2.45) is 0 Å². The number of aromatic carboxylic acids is 1. The first-order valence-electron chi connectivity index (χ1n) is 6.47. The van der Waals surface area contributed by atoms with E-state index in [4.69, 9.17) is 5.11 Å². The second kappa shape index (κ2) is 6.30. The van der Waals surface area contributed by atoms with Crippen molar-refractivity contribution in [2.45, 2.75) is 20.0 Å². The van der Waals surface area contributed by atoms with E-state index in [-0.39, 0.29) is 0 Å². The van der Waals surface area contributed by atoms with Crippen LogP contribution in [0.1, 0.15) is 27.2 Å². The highest BCUT2D eigenvalue weighted by Gasteiger charge is 2.05. The van der Waals surface area contributed by atoms with Crippen LogP contribution >= 0.6 is 0 Å². The van der Waals surface area contributed by atoms with E-state index in [1.807, 2.05) is 38.4 Å². The summed E-state index contributed by atoms with van der Waals surface area (Å²) >= 11 is 0. The zero-order chi connectivity index (χ0) is 14.5. The highest BCUT2D eigenvalue weighted by molar-refractivity contribution is 5.87. The summed E-state index contributed by atoms with van der Waals surface area (Å²) in [6.07, 6.45) is 1.87. The van der Waals surface area contributed by atoms with Crippen molar-refractivity contribution < 1.29 is 9.90 Å². The third-order valence-electron chi connectivity index (χ3n) is 3.06. The van der Waals surface area contributed by atoms with Crippen LogP contribution in [0.15, 0.2) is 42.6 Å². The summed E-state index contributed by atoms with van der Waals surface area (Å²) in [5, 5.41) is 8.86. The quantitative estimate of drug-likeness (QED) is 0.907. The number of aromatic nitrogens is 1. The summed E-state index contributed by atoms with van der Waals surface area (Å²) in [4.78, 5) is 17.3. The molecule has 1 N–H and O–H groups in total. The first-order valence-corrected chi connectivity index (χ1v) is 6.47. The summed E-state index contributed by atoms with van der Waals surface area (Å²) in [6, 6.07) is 11.0. The number of nitrogens with zero attached hydrogens (tertiary/aromatic N) is 2. The van der Waals surface area contributed by atoms with E-state index in [1.165, 1.54) is 0 Å². The molecule has 1 heterocycles. The number of hydrogen-bond acceptors (Lipinski definition) is 3. The Morgan fingerprint density at radius 3 is 2.40 bits per heavy atom. The molecule has 2 aromatic rings. The lowest BCUT2D eigenvalue weighted by Crippen LogP contribution is -2.18. The van der Waals surface area contributed by atoms with Crippen LogP contribution in [0.3, 0.4) is 0 Å². The van der Waals surface area contributed by atoms with Crippen LogP contribution in [0.5, 0.6) is 0 Å². The van der Waals surface area contributed by atoms with Crippen LogP contribution in [-0.4, -0.2) is 28.0 Å². The minimum Gasteiger partial charge on any atom is -0.478 e. The van der Waals surface area contributed by atoms with Crippen molar-refractivity contribution in [3.8, 4) is 0 Å². The maximum absolute atomic E-state index is 10.8. The van der Waals surface area contributed by atoms with Crippen LogP contribution in [0.2, 0.25) is 0 Å². The lowest BCUT2D eigenvalue weighted by atomic mass is 10.1. The Hall–Kier alpha value is -2.20. The van der Waals surface area contributed by atoms with Crippen molar-refractivity contribution in [2.75, 3.05) is 7.05 Å². The molecule has 1 aromatic carbocycles. The molecule has 0 spiro atoms. The van der Waals surface area contributed by atoms with Crippen LogP contribution in [-0.2, 0) is 13.1 Å². The third kappa shape index (κ3) is 3.90. The van der Waals surface area contributed by atoms with Gasteiger partial charge in [-0.2, -0.15) is 0 Å². The number of carboxylic acid groups (broad SMARTS) is 1. The second-order valence-corrected chi connectivity index (χ2v) is 5.00. The van der Waals surface area contributed by atoms with E-state index in [9.17, 15) is 4.79 Å². The van der Waals surface area contributed by atoms with Crippen molar-refractivity contribution in [1.29, 1.82) is 0 Å². The molecule has 0 amide bonds. The topological polar surface area (TPSA) is 53.4 Å². The molecule has 0 bridgehead atoms. The Kier molecular flexibility index (Phi) is 4.48. The van der Waals surface area contributed by atoms with Gasteiger partial charge in [-0.3, -0.25) is 9.88 Å². The number of rotatable bonds is 5. The molecule has 0 atom stereocenters. The molecule has 4 nitrogen and oxygen atoms in total. The van der Waals surface area contributed by atoms with E-state index in [1.54, 1.807) is 12.1 Å². The van der Waals surface area contributed by atoms with Gasteiger partial charge in [-0.05, 0) is 43.3 Å². The molecule has 0 aliphatic rings. The third-order valence-corrected chi connectivity index (χ3v) is 3.06. The number of aryl methyl sites for hydroxylation is 1.